The second-order valence-electron chi connectivity index (χ2n) is 7.26. The Morgan fingerprint density at radius 2 is 1.59 bits per heavy atom. The second kappa shape index (κ2) is 10.1. The number of cyclic esters (lactones) is 1. The summed E-state index contributed by atoms with van der Waals surface area (Å²) in [5, 5.41) is 0. The first-order valence-electron chi connectivity index (χ1n) is 10.3. The molecule has 0 bridgehead atoms. The fourth-order valence-electron chi connectivity index (χ4n) is 3.26. The van der Waals surface area contributed by atoms with Crippen LogP contribution in [0.3, 0.4) is 0 Å². The molecule has 0 radical (unpaired) electrons. The predicted octanol–water partition coefficient (Wildman–Crippen LogP) is 4.78. The van der Waals surface area contributed by atoms with E-state index in [1.165, 1.54) is 33.5 Å². The molecule has 1 aliphatic rings. The average molecular weight is 463 g/mol. The molecule has 0 saturated heterocycles. The summed E-state index contributed by atoms with van der Waals surface area (Å²) in [6.07, 6.45) is 1.60. The molecular weight excluding hydrogens is 441 g/mol. The number of hydrogen-bond donors (Lipinski definition) is 0. The fraction of sp³-hybridized carbons (Fsp3) is 0.154. The van der Waals surface area contributed by atoms with Gasteiger partial charge in [-0.1, -0.05) is 18.2 Å². The Labute approximate surface area is 196 Å². The Bertz CT molecular complexity index is 1240. The van der Waals surface area contributed by atoms with Gasteiger partial charge in [-0.3, -0.25) is 0 Å². The third-order valence-corrected chi connectivity index (χ3v) is 5.02. The van der Waals surface area contributed by atoms with Gasteiger partial charge in [0.2, 0.25) is 5.90 Å². The first-order chi connectivity index (χ1) is 16.5. The Morgan fingerprint density at radius 3 is 2.24 bits per heavy atom. The molecule has 174 valence electrons. The maximum atomic E-state index is 13.1. The van der Waals surface area contributed by atoms with Crippen molar-refractivity contribution >= 4 is 17.9 Å². The lowest BCUT2D eigenvalue weighted by molar-refractivity contribution is -0.129. The van der Waals surface area contributed by atoms with E-state index in [9.17, 15) is 9.18 Å². The van der Waals surface area contributed by atoms with Gasteiger partial charge in [-0.25, -0.2) is 14.2 Å². The zero-order chi connectivity index (χ0) is 24.1. The van der Waals surface area contributed by atoms with Gasteiger partial charge in [0.25, 0.3) is 0 Å². The largest absolute Gasteiger partial charge is 0.497 e. The van der Waals surface area contributed by atoms with Crippen LogP contribution in [-0.2, 0) is 16.1 Å². The molecule has 0 aromatic heterocycles. The molecule has 34 heavy (non-hydrogen) atoms. The van der Waals surface area contributed by atoms with E-state index in [4.69, 9.17) is 23.7 Å². The van der Waals surface area contributed by atoms with Crippen LogP contribution in [0.25, 0.3) is 6.08 Å². The van der Waals surface area contributed by atoms with Gasteiger partial charge in [0.15, 0.2) is 17.2 Å². The molecule has 0 aliphatic carbocycles. The lowest BCUT2D eigenvalue weighted by Gasteiger charge is -2.11. The molecule has 0 atom stereocenters. The Hall–Kier alpha value is -4.33. The number of aliphatic imine (C=N–C) groups is 1. The molecule has 0 unspecified atom stereocenters. The summed E-state index contributed by atoms with van der Waals surface area (Å²) in [6, 6.07) is 16.4. The summed E-state index contributed by atoms with van der Waals surface area (Å²) in [6.45, 7) is 0.251. The van der Waals surface area contributed by atoms with E-state index in [2.05, 4.69) is 4.99 Å². The molecule has 0 saturated carbocycles. The summed E-state index contributed by atoms with van der Waals surface area (Å²) in [5.41, 5.74) is 2.18. The number of carbonyl (C=O) groups is 1. The summed E-state index contributed by atoms with van der Waals surface area (Å²) in [4.78, 5) is 16.8. The van der Waals surface area contributed by atoms with Crippen molar-refractivity contribution in [2.45, 2.75) is 6.61 Å². The van der Waals surface area contributed by atoms with Gasteiger partial charge in [-0.2, -0.15) is 0 Å². The molecule has 0 N–H and O–H groups in total. The summed E-state index contributed by atoms with van der Waals surface area (Å²) in [5.74, 6) is 1.35. The number of ether oxygens (including phenoxy) is 5. The van der Waals surface area contributed by atoms with Crippen LogP contribution in [-0.4, -0.2) is 33.2 Å². The highest BCUT2D eigenvalue weighted by Crippen LogP contribution is 2.31. The zero-order valence-electron chi connectivity index (χ0n) is 18.8. The Balaban J connectivity index is 1.55. The number of halogens is 1. The first kappa shape index (κ1) is 22.8. The molecule has 4 rings (SSSR count). The van der Waals surface area contributed by atoms with E-state index in [1.807, 2.05) is 0 Å². The molecule has 1 aliphatic heterocycles. The zero-order valence-corrected chi connectivity index (χ0v) is 18.8. The van der Waals surface area contributed by atoms with E-state index < -0.39 is 5.97 Å². The second-order valence-corrected chi connectivity index (χ2v) is 7.26. The van der Waals surface area contributed by atoms with Crippen molar-refractivity contribution in [2.75, 3.05) is 21.3 Å². The SMILES string of the molecule is COc1cc(OC)cc(C2=NC(=Cc3ccc(OCc4ccc(F)cc4)c(OC)c3)C(=O)O2)c1. The molecule has 3 aromatic carbocycles. The van der Waals surface area contributed by atoms with Gasteiger partial charge in [0.05, 0.1) is 21.3 Å². The molecule has 7 nitrogen and oxygen atoms in total. The van der Waals surface area contributed by atoms with Crippen LogP contribution in [0.2, 0.25) is 0 Å². The third kappa shape index (κ3) is 5.17. The number of nitrogens with zero attached hydrogens (tertiary/aromatic N) is 1. The minimum Gasteiger partial charge on any atom is -0.497 e. The monoisotopic (exact) mass is 463 g/mol. The first-order valence-corrected chi connectivity index (χ1v) is 10.3. The summed E-state index contributed by atoms with van der Waals surface area (Å²) < 4.78 is 40.2. The molecular formula is C26H22FNO6. The lowest BCUT2D eigenvalue weighted by atomic mass is 10.1. The number of rotatable bonds is 8. The molecule has 1 heterocycles. The number of benzene rings is 3. The van der Waals surface area contributed by atoms with E-state index in [0.717, 1.165) is 5.56 Å². The van der Waals surface area contributed by atoms with Crippen LogP contribution in [0, 0.1) is 5.82 Å². The van der Waals surface area contributed by atoms with Gasteiger partial charge in [0, 0.05) is 11.6 Å². The van der Waals surface area contributed by atoms with Crippen LogP contribution in [0.1, 0.15) is 16.7 Å². The van der Waals surface area contributed by atoms with Crippen LogP contribution in [0.4, 0.5) is 4.39 Å². The third-order valence-electron chi connectivity index (χ3n) is 5.02. The number of hydrogen-bond acceptors (Lipinski definition) is 7. The Morgan fingerprint density at radius 1 is 0.882 bits per heavy atom. The Kier molecular flexibility index (Phi) is 6.77. The minimum atomic E-state index is -0.576. The van der Waals surface area contributed by atoms with Gasteiger partial charge in [-0.05, 0) is 53.6 Å². The van der Waals surface area contributed by atoms with Gasteiger partial charge in [-0.15, -0.1) is 0 Å². The van der Waals surface area contributed by atoms with E-state index >= 15 is 0 Å². The van der Waals surface area contributed by atoms with E-state index in [0.29, 0.717) is 34.1 Å². The van der Waals surface area contributed by atoms with Crippen molar-refractivity contribution in [1.82, 2.24) is 0 Å². The maximum absolute atomic E-state index is 13.1. The van der Waals surface area contributed by atoms with E-state index in [1.54, 1.807) is 54.6 Å². The lowest BCUT2D eigenvalue weighted by Crippen LogP contribution is -2.06. The average Bonchev–Trinajstić information content (AvgIpc) is 3.23. The molecule has 3 aromatic rings. The minimum absolute atomic E-state index is 0.138. The van der Waals surface area contributed by atoms with Crippen molar-refractivity contribution in [1.29, 1.82) is 0 Å². The number of methoxy groups -OCH3 is 3. The molecule has 0 spiro atoms. The predicted molar refractivity (Wildman–Crippen MR) is 124 cm³/mol. The molecule has 0 fully saturated rings. The summed E-state index contributed by atoms with van der Waals surface area (Å²) in [7, 11) is 4.59. The standard InChI is InChI=1S/C26H22FNO6/c1-30-20-12-18(13-21(14-20)31-2)25-28-22(26(29)34-25)10-17-6-9-23(24(11-17)32-3)33-15-16-4-7-19(27)8-5-16/h4-14H,15H2,1-3H3. The molecule has 8 heteroatoms. The van der Waals surface area contributed by atoms with Crippen LogP contribution < -0.4 is 18.9 Å². The highest BCUT2D eigenvalue weighted by atomic mass is 19.1. The normalized spacial score (nSPS) is 13.9. The van der Waals surface area contributed by atoms with Crippen LogP contribution in [0.5, 0.6) is 23.0 Å². The van der Waals surface area contributed by atoms with Crippen molar-refractivity contribution in [3.8, 4) is 23.0 Å². The van der Waals surface area contributed by atoms with Crippen molar-refractivity contribution in [3.05, 3.63) is 88.9 Å². The number of esters is 1. The van der Waals surface area contributed by atoms with Gasteiger partial charge >= 0.3 is 5.97 Å². The van der Waals surface area contributed by atoms with Gasteiger partial charge < -0.3 is 23.7 Å². The van der Waals surface area contributed by atoms with Crippen LogP contribution >= 0.6 is 0 Å². The quantitative estimate of drug-likeness (QED) is 0.354. The summed E-state index contributed by atoms with van der Waals surface area (Å²) >= 11 is 0. The van der Waals surface area contributed by atoms with E-state index in [-0.39, 0.29) is 24.0 Å². The smallest absolute Gasteiger partial charge is 0.363 e. The molecule has 0 amide bonds. The van der Waals surface area contributed by atoms with Crippen molar-refractivity contribution in [3.63, 3.8) is 0 Å². The number of carbonyl (C=O) groups excluding carboxylic acids is 1. The fourth-order valence-corrected chi connectivity index (χ4v) is 3.26. The topological polar surface area (TPSA) is 75.6 Å². The van der Waals surface area contributed by atoms with Gasteiger partial charge in [0.1, 0.15) is 23.9 Å². The highest BCUT2D eigenvalue weighted by molar-refractivity contribution is 6.13. The maximum Gasteiger partial charge on any atom is 0.363 e. The van der Waals surface area contributed by atoms with Crippen molar-refractivity contribution in [2.24, 2.45) is 4.99 Å². The van der Waals surface area contributed by atoms with Crippen LogP contribution in [0.15, 0.2) is 71.4 Å². The van der Waals surface area contributed by atoms with Crippen molar-refractivity contribution < 1.29 is 32.9 Å². The highest BCUT2D eigenvalue weighted by Gasteiger charge is 2.25.